The standard InChI is InChI=1S/C29H40N4O5S/c1-4-19(2)25(30)28(36)31-22(15-16-39-3)26(34)32-23(17-20-11-7-5-8-12-20)27(35)33-24(29(37)38)18-21-13-9-6-10-14-21/h5-14,19,22-25H,4,15-18,30H2,1-3H3,(H,31,36)(H,32,34)(H,33,35)(H,37,38). The van der Waals surface area contributed by atoms with E-state index in [1.165, 1.54) is 11.8 Å². The van der Waals surface area contributed by atoms with E-state index in [-0.39, 0.29) is 18.8 Å². The number of carbonyl (C=O) groups is 4. The van der Waals surface area contributed by atoms with Crippen LogP contribution in [0.3, 0.4) is 0 Å². The summed E-state index contributed by atoms with van der Waals surface area (Å²) >= 11 is 1.53. The lowest BCUT2D eigenvalue weighted by Gasteiger charge is -2.26. The fraction of sp³-hybridized carbons (Fsp3) is 0.448. The van der Waals surface area contributed by atoms with Crippen LogP contribution in [-0.2, 0) is 32.0 Å². The van der Waals surface area contributed by atoms with Gasteiger partial charge < -0.3 is 26.8 Å². The molecule has 9 nitrogen and oxygen atoms in total. The summed E-state index contributed by atoms with van der Waals surface area (Å²) in [4.78, 5) is 51.5. The molecule has 0 radical (unpaired) electrons. The molecule has 0 aliphatic rings. The second-order valence-electron chi connectivity index (χ2n) is 9.59. The molecule has 3 amide bonds. The van der Waals surface area contributed by atoms with Crippen molar-refractivity contribution >= 4 is 35.5 Å². The normalized spacial score (nSPS) is 14.8. The van der Waals surface area contributed by atoms with Gasteiger partial charge in [0, 0.05) is 12.8 Å². The summed E-state index contributed by atoms with van der Waals surface area (Å²) in [5, 5.41) is 17.9. The Hall–Kier alpha value is -3.37. The Morgan fingerprint density at radius 2 is 1.26 bits per heavy atom. The predicted octanol–water partition coefficient (Wildman–Crippen LogP) is 2.14. The Morgan fingerprint density at radius 3 is 1.74 bits per heavy atom. The maximum atomic E-state index is 13.4. The van der Waals surface area contributed by atoms with Crippen LogP contribution in [0.5, 0.6) is 0 Å². The molecule has 5 atom stereocenters. The largest absolute Gasteiger partial charge is 0.480 e. The summed E-state index contributed by atoms with van der Waals surface area (Å²) in [6.45, 7) is 3.81. The van der Waals surface area contributed by atoms with Crippen molar-refractivity contribution in [1.82, 2.24) is 16.0 Å². The van der Waals surface area contributed by atoms with Gasteiger partial charge in [0.15, 0.2) is 0 Å². The molecule has 6 N–H and O–H groups in total. The maximum Gasteiger partial charge on any atom is 0.326 e. The number of hydrogen-bond donors (Lipinski definition) is 5. The van der Waals surface area contributed by atoms with Crippen molar-refractivity contribution in [2.75, 3.05) is 12.0 Å². The maximum absolute atomic E-state index is 13.4. The minimum absolute atomic E-state index is 0.0663. The highest BCUT2D eigenvalue weighted by Gasteiger charge is 2.31. The van der Waals surface area contributed by atoms with Gasteiger partial charge in [0.1, 0.15) is 18.1 Å². The van der Waals surface area contributed by atoms with E-state index in [9.17, 15) is 24.3 Å². The molecule has 2 rings (SSSR count). The third kappa shape index (κ3) is 10.7. The first-order valence-corrected chi connectivity index (χ1v) is 14.5. The molecule has 0 heterocycles. The van der Waals surface area contributed by atoms with E-state index in [0.717, 1.165) is 11.1 Å². The lowest BCUT2D eigenvalue weighted by molar-refractivity contribution is -0.142. The number of rotatable bonds is 16. The molecule has 0 fully saturated rings. The number of hydrogen-bond acceptors (Lipinski definition) is 6. The summed E-state index contributed by atoms with van der Waals surface area (Å²) in [6, 6.07) is 14.2. The zero-order valence-electron chi connectivity index (χ0n) is 22.8. The van der Waals surface area contributed by atoms with Crippen molar-refractivity contribution in [2.24, 2.45) is 11.7 Å². The van der Waals surface area contributed by atoms with E-state index in [2.05, 4.69) is 16.0 Å². The zero-order chi connectivity index (χ0) is 28.8. The van der Waals surface area contributed by atoms with Crippen molar-refractivity contribution < 1.29 is 24.3 Å². The number of carboxylic acid groups (broad SMARTS) is 1. The zero-order valence-corrected chi connectivity index (χ0v) is 23.6. The van der Waals surface area contributed by atoms with Crippen LogP contribution in [-0.4, -0.2) is 65.0 Å². The highest BCUT2D eigenvalue weighted by Crippen LogP contribution is 2.10. The Bertz CT molecular complexity index is 1070. The van der Waals surface area contributed by atoms with Crippen molar-refractivity contribution in [3.05, 3.63) is 71.8 Å². The Morgan fingerprint density at radius 1 is 0.795 bits per heavy atom. The van der Waals surface area contributed by atoms with Crippen LogP contribution in [0, 0.1) is 5.92 Å². The third-order valence-corrected chi connectivity index (χ3v) is 7.26. The van der Waals surface area contributed by atoms with Crippen LogP contribution >= 0.6 is 11.8 Å². The lowest BCUT2D eigenvalue weighted by atomic mass is 9.99. The first-order chi connectivity index (χ1) is 18.7. The summed E-state index contributed by atoms with van der Waals surface area (Å²) in [5.41, 5.74) is 7.62. The number of thioether (sulfide) groups is 1. The average Bonchev–Trinajstić information content (AvgIpc) is 2.94. The average molecular weight is 557 g/mol. The molecule has 2 aromatic carbocycles. The van der Waals surface area contributed by atoms with Crippen LogP contribution in [0.4, 0.5) is 0 Å². The molecule has 5 unspecified atom stereocenters. The number of aliphatic carboxylic acids is 1. The molecule has 0 saturated heterocycles. The molecule has 0 aromatic heterocycles. The first kappa shape index (κ1) is 31.8. The highest BCUT2D eigenvalue weighted by atomic mass is 32.2. The number of nitrogens with one attached hydrogen (secondary N) is 3. The minimum Gasteiger partial charge on any atom is -0.480 e. The van der Waals surface area contributed by atoms with Gasteiger partial charge in [-0.2, -0.15) is 11.8 Å². The van der Waals surface area contributed by atoms with Gasteiger partial charge in [-0.1, -0.05) is 80.9 Å². The number of carboxylic acids is 1. The summed E-state index contributed by atoms with van der Waals surface area (Å²) in [7, 11) is 0. The fourth-order valence-corrected chi connectivity index (χ4v) is 4.41. The van der Waals surface area contributed by atoms with E-state index in [4.69, 9.17) is 5.73 Å². The Balaban J connectivity index is 2.23. The van der Waals surface area contributed by atoms with Gasteiger partial charge in [-0.3, -0.25) is 14.4 Å². The first-order valence-electron chi connectivity index (χ1n) is 13.1. The lowest BCUT2D eigenvalue weighted by Crippen LogP contribution is -2.58. The van der Waals surface area contributed by atoms with Crippen molar-refractivity contribution in [3.8, 4) is 0 Å². The second kappa shape index (κ2) is 16.6. The van der Waals surface area contributed by atoms with Gasteiger partial charge in [0.05, 0.1) is 6.04 Å². The van der Waals surface area contributed by atoms with E-state index in [0.29, 0.717) is 18.6 Å². The number of benzene rings is 2. The molecule has 0 saturated carbocycles. The Kier molecular flexibility index (Phi) is 13.5. The van der Waals surface area contributed by atoms with Crippen molar-refractivity contribution in [2.45, 2.75) is 63.7 Å². The van der Waals surface area contributed by atoms with Gasteiger partial charge in [-0.25, -0.2) is 4.79 Å². The third-order valence-electron chi connectivity index (χ3n) is 6.62. The molecule has 0 aliphatic heterocycles. The second-order valence-corrected chi connectivity index (χ2v) is 10.6. The fourth-order valence-electron chi connectivity index (χ4n) is 3.94. The highest BCUT2D eigenvalue weighted by molar-refractivity contribution is 7.98. The molecule has 2 aromatic rings. The van der Waals surface area contributed by atoms with Crippen LogP contribution < -0.4 is 21.7 Å². The van der Waals surface area contributed by atoms with Crippen molar-refractivity contribution in [3.63, 3.8) is 0 Å². The smallest absolute Gasteiger partial charge is 0.326 e. The van der Waals surface area contributed by atoms with Crippen LogP contribution in [0.1, 0.15) is 37.8 Å². The molecule has 0 bridgehead atoms. The van der Waals surface area contributed by atoms with Crippen LogP contribution in [0.15, 0.2) is 60.7 Å². The van der Waals surface area contributed by atoms with Gasteiger partial charge in [0.25, 0.3) is 0 Å². The van der Waals surface area contributed by atoms with Crippen molar-refractivity contribution in [1.29, 1.82) is 0 Å². The SMILES string of the molecule is CCC(C)C(N)C(=O)NC(CCSC)C(=O)NC(Cc1ccccc1)C(=O)NC(Cc1ccccc1)C(=O)O. The molecule has 0 aliphatic carbocycles. The number of amides is 3. The summed E-state index contributed by atoms with van der Waals surface area (Å²) < 4.78 is 0. The summed E-state index contributed by atoms with van der Waals surface area (Å²) in [5.74, 6) is -2.22. The number of carbonyl (C=O) groups excluding carboxylic acids is 3. The molecule has 0 spiro atoms. The number of nitrogens with two attached hydrogens (primary N) is 1. The van der Waals surface area contributed by atoms with E-state index in [1.54, 1.807) is 24.3 Å². The van der Waals surface area contributed by atoms with Gasteiger partial charge >= 0.3 is 5.97 Å². The van der Waals surface area contributed by atoms with Crippen LogP contribution in [0.2, 0.25) is 0 Å². The molecular formula is C29H40N4O5S. The monoisotopic (exact) mass is 556 g/mol. The quantitative estimate of drug-likeness (QED) is 0.213. The van der Waals surface area contributed by atoms with Crippen LogP contribution in [0.25, 0.3) is 0 Å². The van der Waals surface area contributed by atoms with Gasteiger partial charge in [-0.05, 0) is 35.5 Å². The molecule has 39 heavy (non-hydrogen) atoms. The van der Waals surface area contributed by atoms with Gasteiger partial charge in [0.2, 0.25) is 17.7 Å². The summed E-state index contributed by atoms with van der Waals surface area (Å²) in [6.07, 6.45) is 3.19. The predicted molar refractivity (Wildman–Crippen MR) is 154 cm³/mol. The topological polar surface area (TPSA) is 151 Å². The Labute approximate surface area is 234 Å². The van der Waals surface area contributed by atoms with E-state index >= 15 is 0 Å². The molecule has 10 heteroatoms. The van der Waals surface area contributed by atoms with Gasteiger partial charge in [-0.15, -0.1) is 0 Å². The van der Waals surface area contributed by atoms with E-state index in [1.807, 2.05) is 56.5 Å². The van der Waals surface area contributed by atoms with E-state index < -0.39 is 47.9 Å². The minimum atomic E-state index is -1.18. The molecule has 212 valence electrons. The molecular weight excluding hydrogens is 516 g/mol.